The molecule has 0 spiro atoms. The van der Waals surface area contributed by atoms with Crippen LogP contribution in [0.5, 0.6) is 0 Å². The molecule has 2 N–H and O–H groups in total. The number of hydrogen-bond acceptors (Lipinski definition) is 3. The lowest BCUT2D eigenvalue weighted by atomic mass is 9.94. The number of aromatic amines is 1. The number of halogens is 3. The topological polar surface area (TPSA) is 52.1 Å². The number of nitrogens with one attached hydrogen (secondary N) is 1. The molecule has 1 aromatic heterocycles. The largest absolute Gasteiger partial charge is 0.417 e. The number of nitrogens with zero attached hydrogens (tertiary/aromatic N) is 2. The standard InChI is InChI=1S/C11H16F3N3O/c12-11(13,14)10(18)3-1-6-17(7-4-10)8-9-2-5-15-16-9/h2,5,18H,1,3-4,6-8H2,(H,15,16). The summed E-state index contributed by atoms with van der Waals surface area (Å²) >= 11 is 0. The monoisotopic (exact) mass is 263 g/mol. The maximum Gasteiger partial charge on any atom is 0.417 e. The van der Waals surface area contributed by atoms with Gasteiger partial charge in [0.25, 0.3) is 0 Å². The van der Waals surface area contributed by atoms with Crippen LogP contribution in [0.25, 0.3) is 0 Å². The zero-order valence-corrected chi connectivity index (χ0v) is 9.87. The third-order valence-corrected chi connectivity index (χ3v) is 3.39. The van der Waals surface area contributed by atoms with Gasteiger partial charge in [0.15, 0.2) is 5.60 Å². The van der Waals surface area contributed by atoms with E-state index >= 15 is 0 Å². The van der Waals surface area contributed by atoms with Crippen molar-refractivity contribution in [3.63, 3.8) is 0 Å². The molecule has 18 heavy (non-hydrogen) atoms. The molecule has 7 heteroatoms. The summed E-state index contributed by atoms with van der Waals surface area (Å²) in [4.78, 5) is 1.90. The number of H-pyrrole nitrogens is 1. The predicted molar refractivity (Wildman–Crippen MR) is 58.7 cm³/mol. The summed E-state index contributed by atoms with van der Waals surface area (Å²) in [5.41, 5.74) is -1.66. The normalized spacial score (nSPS) is 27.1. The van der Waals surface area contributed by atoms with Crippen LogP contribution in [0.1, 0.15) is 25.0 Å². The zero-order chi connectivity index (χ0) is 13.2. The van der Waals surface area contributed by atoms with Gasteiger partial charge in [-0.1, -0.05) is 0 Å². The smallest absolute Gasteiger partial charge is 0.380 e. The second kappa shape index (κ2) is 4.89. The summed E-state index contributed by atoms with van der Waals surface area (Å²) < 4.78 is 38.2. The minimum atomic E-state index is -4.54. The maximum atomic E-state index is 12.7. The Morgan fingerprint density at radius 3 is 2.78 bits per heavy atom. The highest BCUT2D eigenvalue weighted by Gasteiger charge is 2.53. The molecule has 1 saturated heterocycles. The molecule has 102 valence electrons. The molecule has 1 aromatic rings. The van der Waals surface area contributed by atoms with Gasteiger partial charge in [-0.05, 0) is 31.9 Å². The zero-order valence-electron chi connectivity index (χ0n) is 9.87. The van der Waals surface area contributed by atoms with E-state index in [4.69, 9.17) is 0 Å². The van der Waals surface area contributed by atoms with E-state index in [1.807, 2.05) is 4.90 Å². The van der Waals surface area contributed by atoms with Gasteiger partial charge < -0.3 is 5.11 Å². The molecular formula is C11H16F3N3O. The third kappa shape index (κ3) is 2.84. The second-order valence-electron chi connectivity index (χ2n) is 4.74. The van der Waals surface area contributed by atoms with Crippen molar-refractivity contribution in [2.75, 3.05) is 13.1 Å². The molecule has 1 aliphatic heterocycles. The lowest BCUT2D eigenvalue weighted by molar-refractivity contribution is -0.263. The van der Waals surface area contributed by atoms with Crippen molar-refractivity contribution in [2.45, 2.75) is 37.6 Å². The molecule has 0 radical (unpaired) electrons. The van der Waals surface area contributed by atoms with E-state index in [2.05, 4.69) is 10.2 Å². The summed E-state index contributed by atoms with van der Waals surface area (Å²) in [6.45, 7) is 1.32. The Labute approximate surface area is 103 Å². The van der Waals surface area contributed by atoms with Crippen molar-refractivity contribution in [2.24, 2.45) is 0 Å². The Kier molecular flexibility index (Phi) is 3.63. The molecule has 0 amide bonds. The summed E-state index contributed by atoms with van der Waals surface area (Å²) in [6, 6.07) is 1.79. The summed E-state index contributed by atoms with van der Waals surface area (Å²) in [7, 11) is 0. The van der Waals surface area contributed by atoms with Crippen molar-refractivity contribution < 1.29 is 18.3 Å². The van der Waals surface area contributed by atoms with Crippen molar-refractivity contribution in [3.05, 3.63) is 18.0 Å². The van der Waals surface area contributed by atoms with Crippen LogP contribution in [0.15, 0.2) is 12.3 Å². The van der Waals surface area contributed by atoms with Gasteiger partial charge >= 0.3 is 6.18 Å². The molecular weight excluding hydrogens is 247 g/mol. The molecule has 0 aromatic carbocycles. The Morgan fingerprint density at radius 1 is 1.39 bits per heavy atom. The molecule has 0 saturated carbocycles. The quantitative estimate of drug-likeness (QED) is 0.853. The molecule has 4 nitrogen and oxygen atoms in total. The van der Waals surface area contributed by atoms with Crippen LogP contribution in [0.4, 0.5) is 13.2 Å². The minimum absolute atomic E-state index is 0.226. The Morgan fingerprint density at radius 2 is 2.17 bits per heavy atom. The number of rotatable bonds is 2. The molecule has 1 aliphatic rings. The fraction of sp³-hybridized carbons (Fsp3) is 0.727. The van der Waals surface area contributed by atoms with Gasteiger partial charge in [0.1, 0.15) is 0 Å². The van der Waals surface area contributed by atoms with Crippen molar-refractivity contribution in [3.8, 4) is 0 Å². The van der Waals surface area contributed by atoms with Crippen LogP contribution >= 0.6 is 0 Å². The van der Waals surface area contributed by atoms with Crippen molar-refractivity contribution in [1.82, 2.24) is 15.1 Å². The highest BCUT2D eigenvalue weighted by molar-refractivity contribution is 4.98. The van der Waals surface area contributed by atoms with Gasteiger partial charge in [0.05, 0.1) is 0 Å². The molecule has 0 aliphatic carbocycles. The molecule has 1 atom stereocenters. The third-order valence-electron chi connectivity index (χ3n) is 3.39. The van der Waals surface area contributed by atoms with Crippen molar-refractivity contribution >= 4 is 0 Å². The van der Waals surface area contributed by atoms with Gasteiger partial charge in [-0.2, -0.15) is 18.3 Å². The maximum absolute atomic E-state index is 12.7. The van der Waals surface area contributed by atoms with Gasteiger partial charge in [-0.15, -0.1) is 0 Å². The fourth-order valence-electron chi connectivity index (χ4n) is 2.23. The van der Waals surface area contributed by atoms with E-state index < -0.39 is 11.8 Å². The number of aromatic nitrogens is 2. The number of hydrogen-bond donors (Lipinski definition) is 2. The van der Waals surface area contributed by atoms with Crippen LogP contribution in [0.3, 0.4) is 0 Å². The molecule has 0 bridgehead atoms. The molecule has 2 heterocycles. The number of aliphatic hydroxyl groups is 1. The fourth-order valence-corrected chi connectivity index (χ4v) is 2.23. The van der Waals surface area contributed by atoms with E-state index in [9.17, 15) is 18.3 Å². The predicted octanol–water partition coefficient (Wildman–Crippen LogP) is 1.69. The van der Waals surface area contributed by atoms with Gasteiger partial charge in [0, 0.05) is 25.0 Å². The Balaban J connectivity index is 1.96. The highest BCUT2D eigenvalue weighted by Crippen LogP contribution is 2.38. The highest BCUT2D eigenvalue weighted by atomic mass is 19.4. The first-order valence-corrected chi connectivity index (χ1v) is 5.90. The summed E-state index contributed by atoms with van der Waals surface area (Å²) in [5.74, 6) is 0. The molecule has 2 rings (SSSR count). The van der Waals surface area contributed by atoms with E-state index in [1.54, 1.807) is 12.3 Å². The van der Waals surface area contributed by atoms with E-state index in [0.29, 0.717) is 19.5 Å². The van der Waals surface area contributed by atoms with Crippen LogP contribution in [0.2, 0.25) is 0 Å². The average Bonchev–Trinajstić information content (AvgIpc) is 2.69. The first-order valence-electron chi connectivity index (χ1n) is 5.90. The van der Waals surface area contributed by atoms with E-state index in [1.165, 1.54) is 0 Å². The lowest BCUT2D eigenvalue weighted by Crippen LogP contribution is -2.45. The van der Waals surface area contributed by atoms with Crippen LogP contribution in [-0.4, -0.2) is 45.1 Å². The summed E-state index contributed by atoms with van der Waals surface area (Å²) in [5, 5.41) is 16.2. The SMILES string of the molecule is OC1(C(F)(F)F)CCCN(Cc2ccn[nH]2)CC1. The van der Waals surface area contributed by atoms with E-state index in [0.717, 1.165) is 5.69 Å². The van der Waals surface area contributed by atoms with Gasteiger partial charge in [0.2, 0.25) is 0 Å². The Bertz CT molecular complexity index is 379. The first kappa shape index (κ1) is 13.4. The summed E-state index contributed by atoms with van der Waals surface area (Å²) in [6.07, 6.45) is -3.10. The van der Waals surface area contributed by atoms with Crippen LogP contribution < -0.4 is 0 Å². The molecule has 1 fully saturated rings. The minimum Gasteiger partial charge on any atom is -0.380 e. The average molecular weight is 263 g/mol. The van der Waals surface area contributed by atoms with Gasteiger partial charge in [-0.3, -0.25) is 10.00 Å². The Hall–Kier alpha value is -1.08. The first-order chi connectivity index (χ1) is 8.41. The van der Waals surface area contributed by atoms with Crippen LogP contribution in [-0.2, 0) is 6.54 Å². The number of likely N-dealkylation sites (tertiary alicyclic amines) is 1. The molecule has 1 unspecified atom stereocenters. The van der Waals surface area contributed by atoms with Crippen LogP contribution in [0, 0.1) is 0 Å². The van der Waals surface area contributed by atoms with Crippen molar-refractivity contribution in [1.29, 1.82) is 0 Å². The van der Waals surface area contributed by atoms with E-state index in [-0.39, 0.29) is 19.4 Å². The lowest BCUT2D eigenvalue weighted by Gasteiger charge is -2.29. The second-order valence-corrected chi connectivity index (χ2v) is 4.74. The number of alkyl halides is 3. The van der Waals surface area contributed by atoms with Gasteiger partial charge in [-0.25, -0.2) is 0 Å².